The SMILES string of the molecule is Cc1ccc(C)c(NS(=O)(=O)N2CCCC(CO)C2)c1. The van der Waals surface area contributed by atoms with E-state index in [0.29, 0.717) is 18.8 Å². The monoisotopic (exact) mass is 298 g/mol. The summed E-state index contributed by atoms with van der Waals surface area (Å²) in [6.45, 7) is 4.74. The van der Waals surface area contributed by atoms with Crippen molar-refractivity contribution in [3.05, 3.63) is 29.3 Å². The number of aliphatic hydroxyl groups excluding tert-OH is 1. The largest absolute Gasteiger partial charge is 0.396 e. The van der Waals surface area contributed by atoms with Gasteiger partial charge in [0.2, 0.25) is 0 Å². The van der Waals surface area contributed by atoms with Crippen molar-refractivity contribution in [2.75, 3.05) is 24.4 Å². The number of hydrogen-bond donors (Lipinski definition) is 2. The lowest BCUT2D eigenvalue weighted by molar-refractivity contribution is 0.166. The third-order valence-electron chi connectivity index (χ3n) is 3.71. The maximum atomic E-state index is 12.4. The number of nitrogens with one attached hydrogen (secondary N) is 1. The molecular weight excluding hydrogens is 276 g/mol. The Kier molecular flexibility index (Phi) is 4.67. The Morgan fingerprint density at radius 2 is 2.15 bits per heavy atom. The fourth-order valence-electron chi connectivity index (χ4n) is 2.44. The molecule has 6 heteroatoms. The Balaban J connectivity index is 2.16. The molecule has 2 N–H and O–H groups in total. The second-order valence-corrected chi connectivity index (χ2v) is 7.14. The van der Waals surface area contributed by atoms with Crippen LogP contribution in [0.1, 0.15) is 24.0 Å². The van der Waals surface area contributed by atoms with Crippen LogP contribution in [0.3, 0.4) is 0 Å². The number of anilines is 1. The number of aliphatic hydroxyl groups is 1. The summed E-state index contributed by atoms with van der Waals surface area (Å²) in [6.07, 6.45) is 1.67. The second-order valence-electron chi connectivity index (χ2n) is 5.47. The van der Waals surface area contributed by atoms with Crippen LogP contribution >= 0.6 is 0 Å². The summed E-state index contributed by atoms with van der Waals surface area (Å²) in [7, 11) is -3.55. The standard InChI is InChI=1S/C14H22N2O3S/c1-11-5-6-12(2)14(8-11)15-20(18,19)16-7-3-4-13(9-16)10-17/h5-6,8,13,15,17H,3-4,7,9-10H2,1-2H3. The quantitative estimate of drug-likeness (QED) is 0.888. The highest BCUT2D eigenvalue weighted by Gasteiger charge is 2.28. The average Bonchev–Trinajstić information content (AvgIpc) is 2.43. The third kappa shape index (κ3) is 3.50. The Labute approximate surface area is 120 Å². The number of hydrogen-bond acceptors (Lipinski definition) is 3. The zero-order valence-corrected chi connectivity index (χ0v) is 12.8. The van der Waals surface area contributed by atoms with Crippen LogP contribution in [0.4, 0.5) is 5.69 Å². The molecule has 2 rings (SSSR count). The van der Waals surface area contributed by atoms with Crippen LogP contribution in [0, 0.1) is 19.8 Å². The molecule has 5 nitrogen and oxygen atoms in total. The van der Waals surface area contributed by atoms with Gasteiger partial charge >= 0.3 is 10.2 Å². The van der Waals surface area contributed by atoms with Gasteiger partial charge in [-0.15, -0.1) is 0 Å². The lowest BCUT2D eigenvalue weighted by Crippen LogP contribution is -2.43. The van der Waals surface area contributed by atoms with Crippen molar-refractivity contribution in [1.29, 1.82) is 0 Å². The minimum Gasteiger partial charge on any atom is -0.396 e. The first-order valence-electron chi connectivity index (χ1n) is 6.88. The van der Waals surface area contributed by atoms with Gasteiger partial charge in [-0.3, -0.25) is 4.72 Å². The summed E-state index contributed by atoms with van der Waals surface area (Å²) in [5, 5.41) is 9.20. The Morgan fingerprint density at radius 3 is 2.85 bits per heavy atom. The minimum atomic E-state index is -3.55. The van der Waals surface area contributed by atoms with E-state index in [0.717, 1.165) is 24.0 Å². The molecule has 1 aromatic rings. The van der Waals surface area contributed by atoms with Gasteiger partial charge in [0.1, 0.15) is 0 Å². The topological polar surface area (TPSA) is 69.6 Å². The number of piperidine rings is 1. The molecule has 0 spiro atoms. The van der Waals surface area contributed by atoms with Gasteiger partial charge in [0.15, 0.2) is 0 Å². The van der Waals surface area contributed by atoms with Crippen molar-refractivity contribution in [3.8, 4) is 0 Å². The molecule has 0 aromatic heterocycles. The fourth-order valence-corrected chi connectivity index (χ4v) is 3.85. The highest BCUT2D eigenvalue weighted by molar-refractivity contribution is 7.90. The van der Waals surface area contributed by atoms with E-state index in [9.17, 15) is 13.5 Å². The molecule has 0 aliphatic carbocycles. The minimum absolute atomic E-state index is 0.0372. The first-order chi connectivity index (χ1) is 9.42. The van der Waals surface area contributed by atoms with E-state index in [1.54, 1.807) is 0 Å². The van der Waals surface area contributed by atoms with Gasteiger partial charge < -0.3 is 5.11 Å². The van der Waals surface area contributed by atoms with E-state index >= 15 is 0 Å². The number of benzene rings is 1. The van der Waals surface area contributed by atoms with E-state index in [4.69, 9.17) is 0 Å². The molecule has 1 heterocycles. The van der Waals surface area contributed by atoms with Crippen molar-refractivity contribution < 1.29 is 13.5 Å². The highest BCUT2D eigenvalue weighted by Crippen LogP contribution is 2.22. The molecule has 1 aromatic carbocycles. The van der Waals surface area contributed by atoms with Gasteiger partial charge in [-0.05, 0) is 49.8 Å². The first-order valence-corrected chi connectivity index (χ1v) is 8.32. The molecule has 0 bridgehead atoms. The van der Waals surface area contributed by atoms with Crippen molar-refractivity contribution in [2.24, 2.45) is 5.92 Å². The van der Waals surface area contributed by atoms with Gasteiger partial charge in [0, 0.05) is 19.7 Å². The van der Waals surface area contributed by atoms with Gasteiger partial charge in [-0.2, -0.15) is 12.7 Å². The van der Waals surface area contributed by atoms with Gasteiger partial charge in [-0.1, -0.05) is 12.1 Å². The smallest absolute Gasteiger partial charge is 0.301 e. The number of nitrogens with zero attached hydrogens (tertiary/aromatic N) is 1. The van der Waals surface area contributed by atoms with Crippen LogP contribution in [0.2, 0.25) is 0 Å². The van der Waals surface area contributed by atoms with E-state index < -0.39 is 10.2 Å². The van der Waals surface area contributed by atoms with Crippen LogP contribution < -0.4 is 4.72 Å². The van der Waals surface area contributed by atoms with E-state index in [1.807, 2.05) is 32.0 Å². The predicted molar refractivity (Wildman–Crippen MR) is 79.8 cm³/mol. The maximum Gasteiger partial charge on any atom is 0.301 e. The van der Waals surface area contributed by atoms with Gasteiger partial charge in [-0.25, -0.2) is 0 Å². The van der Waals surface area contributed by atoms with Crippen molar-refractivity contribution in [1.82, 2.24) is 4.31 Å². The Hall–Kier alpha value is -1.11. The molecular formula is C14H22N2O3S. The normalized spacial score (nSPS) is 20.9. The zero-order chi connectivity index (χ0) is 14.8. The Bertz CT molecular complexity index is 572. The predicted octanol–water partition coefficient (Wildman–Crippen LogP) is 1.66. The number of rotatable bonds is 4. The van der Waals surface area contributed by atoms with E-state index in [-0.39, 0.29) is 12.5 Å². The molecule has 1 saturated heterocycles. The van der Waals surface area contributed by atoms with Crippen LogP contribution in [0.15, 0.2) is 18.2 Å². The Morgan fingerprint density at radius 1 is 1.40 bits per heavy atom. The van der Waals surface area contributed by atoms with Crippen LogP contribution in [0.25, 0.3) is 0 Å². The van der Waals surface area contributed by atoms with Gasteiger partial charge in [0.25, 0.3) is 0 Å². The molecule has 1 fully saturated rings. The lowest BCUT2D eigenvalue weighted by Gasteiger charge is -2.31. The van der Waals surface area contributed by atoms with Crippen molar-refractivity contribution >= 4 is 15.9 Å². The van der Waals surface area contributed by atoms with E-state index in [2.05, 4.69) is 4.72 Å². The molecule has 1 aliphatic heterocycles. The molecule has 0 amide bonds. The molecule has 1 aliphatic rings. The summed E-state index contributed by atoms with van der Waals surface area (Å²) in [5.41, 5.74) is 2.53. The number of aryl methyl sites for hydroxylation is 2. The molecule has 0 radical (unpaired) electrons. The highest BCUT2D eigenvalue weighted by atomic mass is 32.2. The van der Waals surface area contributed by atoms with Crippen molar-refractivity contribution in [2.45, 2.75) is 26.7 Å². The van der Waals surface area contributed by atoms with Crippen molar-refractivity contribution in [3.63, 3.8) is 0 Å². The van der Waals surface area contributed by atoms with Crippen LogP contribution in [-0.2, 0) is 10.2 Å². The molecule has 112 valence electrons. The van der Waals surface area contributed by atoms with Crippen LogP contribution in [0.5, 0.6) is 0 Å². The van der Waals surface area contributed by atoms with Crippen LogP contribution in [-0.4, -0.2) is 37.5 Å². The molecule has 20 heavy (non-hydrogen) atoms. The second kappa shape index (κ2) is 6.11. The summed E-state index contributed by atoms with van der Waals surface area (Å²) in [4.78, 5) is 0. The van der Waals surface area contributed by atoms with Gasteiger partial charge in [0.05, 0.1) is 5.69 Å². The maximum absolute atomic E-state index is 12.4. The summed E-state index contributed by atoms with van der Waals surface area (Å²) in [5.74, 6) is 0.0407. The summed E-state index contributed by atoms with van der Waals surface area (Å²) in [6, 6.07) is 5.69. The summed E-state index contributed by atoms with van der Waals surface area (Å²) < 4.78 is 28.9. The molecule has 1 unspecified atom stereocenters. The lowest BCUT2D eigenvalue weighted by atomic mass is 10.0. The fraction of sp³-hybridized carbons (Fsp3) is 0.571. The first kappa shape index (κ1) is 15.3. The average molecular weight is 298 g/mol. The molecule has 0 saturated carbocycles. The molecule has 1 atom stereocenters. The van der Waals surface area contributed by atoms with E-state index in [1.165, 1.54) is 4.31 Å². The third-order valence-corrected chi connectivity index (χ3v) is 5.20. The zero-order valence-electron chi connectivity index (χ0n) is 12.0. The summed E-state index contributed by atoms with van der Waals surface area (Å²) >= 11 is 0.